The molecule has 1 amide bonds. The Kier molecular flexibility index (Phi) is 9.71. The number of nitrogens with one attached hydrogen (secondary N) is 1. The van der Waals surface area contributed by atoms with E-state index in [1.807, 2.05) is 54.6 Å². The standard InChI is InChI=1S/C29H34N5O4PS/c1-19(2)21-12-10-20(11-13-21)16-27(35)30-25-17-22(14-15-26(25)40-29(3,4)5)23-8-6-7-9-24(23)28-31-32-33-34(28)18-38-39(36)37/h6-15,17,19,36-37H,16,18H2,1-5H3,(H,30,35). The summed E-state index contributed by atoms with van der Waals surface area (Å²) in [5.74, 6) is 0.755. The van der Waals surface area contributed by atoms with Crippen molar-refractivity contribution < 1.29 is 19.1 Å². The van der Waals surface area contributed by atoms with Gasteiger partial charge in [-0.25, -0.2) is 0 Å². The van der Waals surface area contributed by atoms with Gasteiger partial charge in [-0.1, -0.05) is 89.2 Å². The third-order valence-electron chi connectivity index (χ3n) is 5.99. The highest BCUT2D eigenvalue weighted by Crippen LogP contribution is 2.40. The molecule has 11 heteroatoms. The minimum Gasteiger partial charge on any atom is -0.328 e. The number of nitrogens with zero attached hydrogens (tertiary/aromatic N) is 4. The fraction of sp³-hybridized carbons (Fsp3) is 0.310. The first-order valence-corrected chi connectivity index (χ1v) is 14.9. The van der Waals surface area contributed by atoms with Gasteiger partial charge in [-0.2, -0.15) is 4.68 Å². The monoisotopic (exact) mass is 579 g/mol. The van der Waals surface area contributed by atoms with Crippen LogP contribution in [0.3, 0.4) is 0 Å². The lowest BCUT2D eigenvalue weighted by molar-refractivity contribution is -0.115. The summed E-state index contributed by atoms with van der Waals surface area (Å²) in [5.41, 5.74) is 5.37. The molecule has 3 N–H and O–H groups in total. The van der Waals surface area contributed by atoms with E-state index in [4.69, 9.17) is 14.3 Å². The van der Waals surface area contributed by atoms with E-state index in [-0.39, 0.29) is 23.8 Å². The third kappa shape index (κ3) is 7.96. The van der Waals surface area contributed by atoms with Crippen LogP contribution in [-0.4, -0.2) is 40.6 Å². The minimum atomic E-state index is -2.55. The van der Waals surface area contributed by atoms with Gasteiger partial charge < -0.3 is 15.1 Å². The van der Waals surface area contributed by atoms with Crippen LogP contribution in [0.25, 0.3) is 22.5 Å². The zero-order valence-electron chi connectivity index (χ0n) is 23.2. The summed E-state index contributed by atoms with van der Waals surface area (Å²) >= 11 is 1.69. The maximum atomic E-state index is 13.2. The van der Waals surface area contributed by atoms with Gasteiger partial charge in [0.1, 0.15) is 0 Å². The molecule has 3 aromatic carbocycles. The first kappa shape index (κ1) is 29.8. The summed E-state index contributed by atoms with van der Waals surface area (Å²) in [7, 11) is -2.55. The zero-order chi connectivity index (χ0) is 28.9. The lowest BCUT2D eigenvalue weighted by Gasteiger charge is -2.21. The molecular weight excluding hydrogens is 545 g/mol. The summed E-state index contributed by atoms with van der Waals surface area (Å²) in [6.07, 6.45) is 0.270. The van der Waals surface area contributed by atoms with Gasteiger partial charge in [0.2, 0.25) is 5.91 Å². The van der Waals surface area contributed by atoms with E-state index in [9.17, 15) is 4.79 Å². The Morgan fingerprint density at radius 2 is 1.75 bits per heavy atom. The molecule has 0 aliphatic rings. The maximum Gasteiger partial charge on any atom is 0.328 e. The largest absolute Gasteiger partial charge is 0.328 e. The van der Waals surface area contributed by atoms with Crippen LogP contribution in [0, 0.1) is 0 Å². The highest BCUT2D eigenvalue weighted by atomic mass is 32.2. The van der Waals surface area contributed by atoms with Gasteiger partial charge in [-0.15, -0.1) is 16.9 Å². The van der Waals surface area contributed by atoms with E-state index in [2.05, 4.69) is 67.6 Å². The van der Waals surface area contributed by atoms with Crippen molar-refractivity contribution in [3.63, 3.8) is 0 Å². The molecule has 4 rings (SSSR count). The number of aromatic nitrogens is 4. The van der Waals surface area contributed by atoms with Gasteiger partial charge >= 0.3 is 8.60 Å². The number of carbonyl (C=O) groups excluding carboxylic acids is 1. The van der Waals surface area contributed by atoms with Crippen molar-refractivity contribution in [3.05, 3.63) is 77.9 Å². The SMILES string of the molecule is CC(C)c1ccc(CC(=O)Nc2cc(-c3ccccc3-c3nnnn3COP(O)O)ccc2SC(C)(C)C)cc1. The van der Waals surface area contributed by atoms with Crippen molar-refractivity contribution in [2.75, 3.05) is 5.32 Å². The Bertz CT molecular complexity index is 1450. The molecule has 9 nitrogen and oxygen atoms in total. The van der Waals surface area contributed by atoms with Gasteiger partial charge in [0, 0.05) is 15.2 Å². The van der Waals surface area contributed by atoms with Gasteiger partial charge in [-0.3, -0.25) is 9.32 Å². The lowest BCUT2D eigenvalue weighted by Crippen LogP contribution is -2.16. The van der Waals surface area contributed by atoms with Crippen molar-refractivity contribution in [2.24, 2.45) is 0 Å². The number of amides is 1. The number of tetrazole rings is 1. The Labute approximate surface area is 240 Å². The molecule has 0 saturated heterocycles. The van der Waals surface area contributed by atoms with Crippen LogP contribution in [-0.2, 0) is 22.5 Å². The number of anilines is 1. The van der Waals surface area contributed by atoms with Crippen LogP contribution in [0.5, 0.6) is 0 Å². The normalized spacial score (nSPS) is 11.8. The Hall–Kier alpha value is -3.14. The molecule has 1 aromatic heterocycles. The second kappa shape index (κ2) is 13.0. The zero-order valence-corrected chi connectivity index (χ0v) is 24.9. The highest BCUT2D eigenvalue weighted by molar-refractivity contribution is 8.00. The summed E-state index contributed by atoms with van der Waals surface area (Å²) in [5, 5.41) is 15.0. The predicted molar refractivity (Wildman–Crippen MR) is 160 cm³/mol. The first-order chi connectivity index (χ1) is 19.0. The second-order valence-electron chi connectivity index (χ2n) is 10.6. The van der Waals surface area contributed by atoms with Crippen LogP contribution in [0.4, 0.5) is 5.69 Å². The van der Waals surface area contributed by atoms with E-state index in [1.54, 1.807) is 11.8 Å². The highest BCUT2D eigenvalue weighted by Gasteiger charge is 2.20. The van der Waals surface area contributed by atoms with Crippen LogP contribution >= 0.6 is 20.4 Å². The summed E-state index contributed by atoms with van der Waals surface area (Å²) in [6, 6.07) is 21.8. The third-order valence-corrected chi connectivity index (χ3v) is 7.52. The number of carbonyl (C=O) groups is 1. The van der Waals surface area contributed by atoms with Gasteiger partial charge in [0.15, 0.2) is 12.6 Å². The van der Waals surface area contributed by atoms with Gasteiger partial charge in [-0.05, 0) is 50.7 Å². The van der Waals surface area contributed by atoms with E-state index < -0.39 is 8.60 Å². The van der Waals surface area contributed by atoms with Crippen LogP contribution in [0.1, 0.15) is 51.7 Å². The van der Waals surface area contributed by atoms with Crippen LogP contribution in [0.2, 0.25) is 0 Å². The summed E-state index contributed by atoms with van der Waals surface area (Å²) < 4.78 is 6.23. The molecule has 0 spiro atoms. The Balaban J connectivity index is 1.66. The van der Waals surface area contributed by atoms with E-state index in [1.165, 1.54) is 10.2 Å². The molecule has 0 radical (unpaired) electrons. The molecule has 40 heavy (non-hydrogen) atoms. The molecule has 0 bridgehead atoms. The molecule has 0 saturated carbocycles. The minimum absolute atomic E-state index is 0.0630. The molecule has 1 heterocycles. The van der Waals surface area contributed by atoms with Crippen LogP contribution in [0.15, 0.2) is 71.6 Å². The van der Waals surface area contributed by atoms with E-state index in [0.717, 1.165) is 32.8 Å². The van der Waals surface area contributed by atoms with E-state index >= 15 is 0 Å². The summed E-state index contributed by atoms with van der Waals surface area (Å²) in [6.45, 7) is 10.5. The second-order valence-corrected chi connectivity index (χ2v) is 13.2. The van der Waals surface area contributed by atoms with Crippen molar-refractivity contribution in [1.82, 2.24) is 20.2 Å². The predicted octanol–water partition coefficient (Wildman–Crippen LogP) is 6.39. The average molecular weight is 580 g/mol. The first-order valence-electron chi connectivity index (χ1n) is 12.9. The fourth-order valence-corrected chi connectivity index (χ4v) is 5.36. The fourth-order valence-electron chi connectivity index (χ4n) is 4.13. The van der Waals surface area contributed by atoms with E-state index in [0.29, 0.717) is 11.7 Å². The van der Waals surface area contributed by atoms with Crippen molar-refractivity contribution >= 4 is 32.0 Å². The molecular formula is C29H34N5O4PS. The molecule has 0 atom stereocenters. The number of thioether (sulfide) groups is 1. The molecule has 0 fully saturated rings. The van der Waals surface area contributed by atoms with Gasteiger partial charge in [0.25, 0.3) is 0 Å². The maximum absolute atomic E-state index is 13.2. The number of hydrogen-bond donors (Lipinski definition) is 3. The molecule has 210 valence electrons. The smallest absolute Gasteiger partial charge is 0.328 e. The molecule has 4 aromatic rings. The molecule has 0 unspecified atom stereocenters. The van der Waals surface area contributed by atoms with Crippen molar-refractivity contribution in [3.8, 4) is 22.5 Å². The van der Waals surface area contributed by atoms with Crippen molar-refractivity contribution in [2.45, 2.75) is 63.3 Å². The van der Waals surface area contributed by atoms with Gasteiger partial charge in [0.05, 0.1) is 12.1 Å². The average Bonchev–Trinajstić information content (AvgIpc) is 3.36. The number of hydrogen-bond acceptors (Lipinski definition) is 8. The molecule has 0 aliphatic carbocycles. The number of benzene rings is 3. The van der Waals surface area contributed by atoms with Crippen molar-refractivity contribution in [1.29, 1.82) is 0 Å². The Morgan fingerprint density at radius 3 is 2.40 bits per heavy atom. The lowest BCUT2D eigenvalue weighted by atomic mass is 9.98. The van der Waals surface area contributed by atoms with Crippen LogP contribution < -0.4 is 5.32 Å². The Morgan fingerprint density at radius 1 is 1.05 bits per heavy atom. The number of rotatable bonds is 10. The molecule has 0 aliphatic heterocycles. The topological polar surface area (TPSA) is 122 Å². The summed E-state index contributed by atoms with van der Waals surface area (Å²) in [4.78, 5) is 32.5. The quantitative estimate of drug-likeness (QED) is 0.146.